The van der Waals surface area contributed by atoms with E-state index in [1.165, 1.54) is 45.1 Å². The van der Waals surface area contributed by atoms with E-state index in [2.05, 4.69) is 25.6 Å². The molecule has 3 aliphatic heterocycles. The zero-order valence-corrected chi connectivity index (χ0v) is 16.7. The van der Waals surface area contributed by atoms with Crippen LogP contribution < -0.4 is 10.6 Å². The normalized spacial score (nSPS) is 30.5. The molecule has 0 spiro atoms. The standard InChI is InChI=1S/C17H28N6O.2ClH/c24-17(4-6-22-12-19-11-21-22)20-10-16-14-7-13(8-18-9-14)15-3-1-2-5-23(15)16;;/h11-16,18H,1-10H2,(H,20,24);2*1H/t13-,14+,15+,16+;;/m1../s1. The van der Waals surface area contributed by atoms with E-state index in [1.807, 2.05) is 0 Å². The molecule has 1 amide bonds. The molecule has 0 aliphatic carbocycles. The first-order valence-corrected chi connectivity index (χ1v) is 9.37. The fourth-order valence-corrected chi connectivity index (χ4v) is 4.92. The van der Waals surface area contributed by atoms with Crippen molar-refractivity contribution in [1.82, 2.24) is 30.3 Å². The van der Waals surface area contributed by atoms with E-state index in [0.717, 1.165) is 25.0 Å². The number of fused-ring (bicyclic) bond motifs is 4. The van der Waals surface area contributed by atoms with Crippen LogP contribution in [0.25, 0.3) is 0 Å². The summed E-state index contributed by atoms with van der Waals surface area (Å²) in [6.07, 6.45) is 8.94. The molecule has 4 rings (SSSR count). The summed E-state index contributed by atoms with van der Waals surface area (Å²) in [6.45, 7) is 4.85. The molecule has 148 valence electrons. The summed E-state index contributed by atoms with van der Waals surface area (Å²) in [6, 6.07) is 1.22. The van der Waals surface area contributed by atoms with E-state index in [0.29, 0.717) is 24.9 Å². The second-order valence-corrected chi connectivity index (χ2v) is 7.50. The van der Waals surface area contributed by atoms with Crippen LogP contribution in [0.15, 0.2) is 12.7 Å². The molecule has 1 aromatic heterocycles. The molecule has 26 heavy (non-hydrogen) atoms. The average Bonchev–Trinajstić information content (AvgIpc) is 3.14. The fourth-order valence-electron chi connectivity index (χ4n) is 4.92. The number of piperidine rings is 3. The van der Waals surface area contributed by atoms with Gasteiger partial charge in [-0.3, -0.25) is 14.4 Å². The maximum absolute atomic E-state index is 12.2. The number of carbonyl (C=O) groups is 1. The van der Waals surface area contributed by atoms with Crippen LogP contribution in [0.2, 0.25) is 0 Å². The van der Waals surface area contributed by atoms with Gasteiger partial charge in [0, 0.05) is 25.0 Å². The Balaban J connectivity index is 0.00000121. The third-order valence-electron chi connectivity index (χ3n) is 6.07. The molecular weight excluding hydrogens is 375 g/mol. The zero-order chi connectivity index (χ0) is 16.4. The minimum atomic E-state index is 0. The lowest BCUT2D eigenvalue weighted by Crippen LogP contribution is -2.65. The van der Waals surface area contributed by atoms with E-state index >= 15 is 0 Å². The van der Waals surface area contributed by atoms with Crippen molar-refractivity contribution in [3.05, 3.63) is 12.7 Å². The lowest BCUT2D eigenvalue weighted by Gasteiger charge is -2.55. The van der Waals surface area contributed by atoms with Gasteiger partial charge >= 0.3 is 0 Å². The highest BCUT2D eigenvalue weighted by Crippen LogP contribution is 2.38. The number of nitrogens with one attached hydrogen (secondary N) is 2. The lowest BCUT2D eigenvalue weighted by molar-refractivity contribution is -0.122. The molecule has 4 atom stereocenters. The minimum absolute atomic E-state index is 0. The molecule has 2 N–H and O–H groups in total. The van der Waals surface area contributed by atoms with Crippen molar-refractivity contribution in [3.8, 4) is 0 Å². The molecule has 4 heterocycles. The number of rotatable bonds is 5. The third-order valence-corrected chi connectivity index (χ3v) is 6.07. The summed E-state index contributed by atoms with van der Waals surface area (Å²) < 4.78 is 1.70. The van der Waals surface area contributed by atoms with Gasteiger partial charge in [-0.25, -0.2) is 4.98 Å². The number of hydrogen-bond acceptors (Lipinski definition) is 5. The van der Waals surface area contributed by atoms with Crippen molar-refractivity contribution in [1.29, 1.82) is 0 Å². The van der Waals surface area contributed by atoms with Crippen LogP contribution in [0.3, 0.4) is 0 Å². The monoisotopic (exact) mass is 404 g/mol. The Bertz CT molecular complexity index is 557. The van der Waals surface area contributed by atoms with Crippen LogP contribution in [0.5, 0.6) is 0 Å². The Hall–Kier alpha value is -0.890. The summed E-state index contributed by atoms with van der Waals surface area (Å²) in [5.41, 5.74) is 0. The van der Waals surface area contributed by atoms with Gasteiger partial charge < -0.3 is 10.6 Å². The molecule has 3 fully saturated rings. The molecule has 9 heteroatoms. The van der Waals surface area contributed by atoms with E-state index in [9.17, 15) is 4.79 Å². The summed E-state index contributed by atoms with van der Waals surface area (Å²) in [4.78, 5) is 18.8. The van der Waals surface area contributed by atoms with Crippen molar-refractivity contribution in [2.24, 2.45) is 11.8 Å². The van der Waals surface area contributed by atoms with E-state index in [4.69, 9.17) is 0 Å². The summed E-state index contributed by atoms with van der Waals surface area (Å²) in [5, 5.41) is 10.8. The zero-order valence-electron chi connectivity index (χ0n) is 15.0. The Morgan fingerprint density at radius 1 is 1.23 bits per heavy atom. The number of aryl methyl sites for hydroxylation is 1. The number of carbonyl (C=O) groups excluding carboxylic acids is 1. The molecule has 3 saturated heterocycles. The van der Waals surface area contributed by atoms with E-state index < -0.39 is 0 Å². The molecular formula is C17H30Cl2N6O. The quantitative estimate of drug-likeness (QED) is 0.767. The smallest absolute Gasteiger partial charge is 0.221 e. The van der Waals surface area contributed by atoms with Crippen molar-refractivity contribution in [2.45, 2.75) is 50.7 Å². The highest BCUT2D eigenvalue weighted by molar-refractivity contribution is 5.85. The Morgan fingerprint density at radius 3 is 2.88 bits per heavy atom. The van der Waals surface area contributed by atoms with Gasteiger partial charge in [0.25, 0.3) is 0 Å². The molecule has 3 aliphatic rings. The summed E-state index contributed by atoms with van der Waals surface area (Å²) in [7, 11) is 0. The Labute approximate surface area is 167 Å². The van der Waals surface area contributed by atoms with Crippen LogP contribution >= 0.6 is 24.8 Å². The summed E-state index contributed by atoms with van der Waals surface area (Å²) in [5.74, 6) is 1.60. The first-order valence-electron chi connectivity index (χ1n) is 9.37. The predicted molar refractivity (Wildman–Crippen MR) is 105 cm³/mol. The fraction of sp³-hybridized carbons (Fsp3) is 0.824. The molecule has 1 aromatic rings. The molecule has 7 nitrogen and oxygen atoms in total. The summed E-state index contributed by atoms with van der Waals surface area (Å²) >= 11 is 0. The Morgan fingerprint density at radius 2 is 2.08 bits per heavy atom. The predicted octanol–water partition coefficient (Wildman–Crippen LogP) is 1.09. The first-order chi connectivity index (χ1) is 11.8. The average molecular weight is 405 g/mol. The van der Waals surface area contributed by atoms with Crippen LogP contribution in [-0.2, 0) is 11.3 Å². The molecule has 0 aromatic carbocycles. The topological polar surface area (TPSA) is 75.1 Å². The molecule has 0 radical (unpaired) electrons. The highest BCUT2D eigenvalue weighted by Gasteiger charge is 2.45. The van der Waals surface area contributed by atoms with E-state index in [-0.39, 0.29) is 30.7 Å². The highest BCUT2D eigenvalue weighted by atomic mass is 35.5. The first kappa shape index (κ1) is 21.4. The van der Waals surface area contributed by atoms with Gasteiger partial charge in [-0.2, -0.15) is 5.10 Å². The van der Waals surface area contributed by atoms with Gasteiger partial charge in [0.05, 0.1) is 6.54 Å². The van der Waals surface area contributed by atoms with Gasteiger partial charge in [0.15, 0.2) is 0 Å². The van der Waals surface area contributed by atoms with Gasteiger partial charge in [-0.05, 0) is 50.7 Å². The van der Waals surface area contributed by atoms with Crippen LogP contribution in [-0.4, -0.2) is 63.8 Å². The number of amides is 1. The molecule has 0 unspecified atom stereocenters. The van der Waals surface area contributed by atoms with Crippen molar-refractivity contribution < 1.29 is 4.79 Å². The largest absolute Gasteiger partial charge is 0.354 e. The van der Waals surface area contributed by atoms with Crippen molar-refractivity contribution >= 4 is 30.7 Å². The van der Waals surface area contributed by atoms with Crippen molar-refractivity contribution in [2.75, 3.05) is 26.2 Å². The van der Waals surface area contributed by atoms with Gasteiger partial charge in [-0.15, -0.1) is 24.8 Å². The van der Waals surface area contributed by atoms with E-state index in [1.54, 1.807) is 11.0 Å². The van der Waals surface area contributed by atoms with Crippen molar-refractivity contribution in [3.63, 3.8) is 0 Å². The van der Waals surface area contributed by atoms with Gasteiger partial charge in [0.2, 0.25) is 5.91 Å². The van der Waals surface area contributed by atoms with Gasteiger partial charge in [-0.1, -0.05) is 6.42 Å². The maximum Gasteiger partial charge on any atom is 0.221 e. The maximum atomic E-state index is 12.2. The number of halogens is 2. The number of nitrogens with zero attached hydrogens (tertiary/aromatic N) is 4. The second kappa shape index (κ2) is 9.88. The number of aromatic nitrogens is 3. The Kier molecular flexibility index (Phi) is 8.13. The SMILES string of the molecule is Cl.Cl.O=C(CCn1cncn1)NC[C@H]1[C@@H]2CNC[C@@H](C2)[C@@H]2CCCCN21. The third kappa shape index (κ3) is 4.68. The number of hydrogen-bond donors (Lipinski definition) is 2. The van der Waals surface area contributed by atoms with Crippen LogP contribution in [0.4, 0.5) is 0 Å². The molecule has 0 saturated carbocycles. The minimum Gasteiger partial charge on any atom is -0.354 e. The second-order valence-electron chi connectivity index (χ2n) is 7.50. The molecule has 2 bridgehead atoms. The van der Waals surface area contributed by atoms with Crippen LogP contribution in [0, 0.1) is 11.8 Å². The van der Waals surface area contributed by atoms with Crippen LogP contribution in [0.1, 0.15) is 32.1 Å². The lowest BCUT2D eigenvalue weighted by atomic mass is 9.73. The van der Waals surface area contributed by atoms with Gasteiger partial charge in [0.1, 0.15) is 12.7 Å².